The molecule has 3 atom stereocenters. The van der Waals surface area contributed by atoms with Crippen molar-refractivity contribution < 1.29 is 23.1 Å². The highest BCUT2D eigenvalue weighted by molar-refractivity contribution is 7.15. The minimum atomic E-state index is -3.07. The number of carbonyl (C=O) groups is 2. The lowest BCUT2D eigenvalue weighted by molar-refractivity contribution is -0.126. The molecule has 0 unspecified atom stereocenters. The van der Waals surface area contributed by atoms with Crippen molar-refractivity contribution >= 4 is 28.8 Å². The van der Waals surface area contributed by atoms with Crippen LogP contribution in [0, 0.1) is 0 Å². The Hall–Kier alpha value is -2.52. The summed E-state index contributed by atoms with van der Waals surface area (Å²) in [5.74, 6) is -0.987. The van der Waals surface area contributed by atoms with E-state index >= 15 is 0 Å². The van der Waals surface area contributed by atoms with E-state index in [1.807, 2.05) is 0 Å². The number of hydrogen-bond donors (Lipinski definition) is 3. The van der Waals surface area contributed by atoms with Crippen LogP contribution < -0.4 is 20.7 Å². The highest BCUT2D eigenvalue weighted by Gasteiger charge is 2.39. The summed E-state index contributed by atoms with van der Waals surface area (Å²) in [5.41, 5.74) is 0.253. The maximum absolute atomic E-state index is 12.5. The average Bonchev–Trinajstić information content (AvgIpc) is 3.40. The quantitative estimate of drug-likeness (QED) is 0.686. The standard InChI is InChI=1S/C19H19F2N3O3S/c20-17(21)19(26)23-10-1-4-12(5-2-10)27-16-8-7-15(28-16)18(25)24-14-9-11-3-6-13(14)22-11/h1-2,4-5,7-8,11,13-14,17,22H,3,6,9H2,(H,23,26)(H,24,25)/t11-,13+,14-/m1/s1. The SMILES string of the molecule is O=C(N[C@@H]1C[C@H]2CC[C@@H]1N2)c1ccc(Oc2ccc(NC(=O)C(F)F)cc2)s1. The zero-order chi connectivity index (χ0) is 19.7. The first-order chi connectivity index (χ1) is 13.5. The Balaban J connectivity index is 1.33. The van der Waals surface area contributed by atoms with Crippen LogP contribution in [0.4, 0.5) is 14.5 Å². The second-order valence-corrected chi connectivity index (χ2v) is 7.94. The molecule has 2 amide bonds. The maximum atomic E-state index is 12.5. The summed E-state index contributed by atoms with van der Waals surface area (Å²) < 4.78 is 30.2. The number of thiophene rings is 1. The fourth-order valence-electron chi connectivity index (χ4n) is 3.64. The predicted molar refractivity (Wildman–Crippen MR) is 101 cm³/mol. The number of amides is 2. The van der Waals surface area contributed by atoms with E-state index < -0.39 is 12.3 Å². The molecular formula is C19H19F2N3O3S. The first-order valence-corrected chi connectivity index (χ1v) is 9.83. The normalized spacial score (nSPS) is 23.0. The van der Waals surface area contributed by atoms with Gasteiger partial charge in [0.15, 0.2) is 5.06 Å². The number of benzene rings is 1. The summed E-state index contributed by atoms with van der Waals surface area (Å²) in [4.78, 5) is 24.0. The fourth-order valence-corrected chi connectivity index (χ4v) is 4.42. The van der Waals surface area contributed by atoms with Crippen LogP contribution in [0.15, 0.2) is 36.4 Å². The van der Waals surface area contributed by atoms with Crippen molar-refractivity contribution in [1.82, 2.24) is 10.6 Å². The molecule has 0 radical (unpaired) electrons. The van der Waals surface area contributed by atoms with Crippen LogP contribution in [0.25, 0.3) is 0 Å². The van der Waals surface area contributed by atoms with E-state index in [1.54, 1.807) is 24.3 Å². The van der Waals surface area contributed by atoms with Crippen molar-refractivity contribution in [2.45, 2.75) is 43.8 Å². The van der Waals surface area contributed by atoms with Gasteiger partial charge in [-0.25, -0.2) is 0 Å². The van der Waals surface area contributed by atoms with Crippen molar-refractivity contribution in [3.05, 3.63) is 41.3 Å². The molecule has 2 aliphatic rings. The molecule has 3 heterocycles. The molecule has 28 heavy (non-hydrogen) atoms. The lowest BCUT2D eigenvalue weighted by atomic mass is 9.95. The van der Waals surface area contributed by atoms with Gasteiger partial charge in [0.25, 0.3) is 11.8 Å². The second-order valence-electron chi connectivity index (χ2n) is 6.90. The zero-order valence-electron chi connectivity index (χ0n) is 14.8. The third kappa shape index (κ3) is 4.15. The molecule has 2 aromatic rings. The summed E-state index contributed by atoms with van der Waals surface area (Å²) in [6.45, 7) is 0. The van der Waals surface area contributed by atoms with Crippen molar-refractivity contribution in [1.29, 1.82) is 0 Å². The Morgan fingerprint density at radius 3 is 2.57 bits per heavy atom. The van der Waals surface area contributed by atoms with Crippen LogP contribution in [0.5, 0.6) is 10.8 Å². The van der Waals surface area contributed by atoms with Crippen LogP contribution >= 0.6 is 11.3 Å². The first kappa shape index (κ1) is 18.8. The number of nitrogens with one attached hydrogen (secondary N) is 3. The van der Waals surface area contributed by atoms with Crippen molar-refractivity contribution in [2.24, 2.45) is 0 Å². The molecule has 6 nitrogen and oxygen atoms in total. The monoisotopic (exact) mass is 407 g/mol. The number of carbonyl (C=O) groups excluding carboxylic acids is 2. The molecule has 2 saturated heterocycles. The molecule has 9 heteroatoms. The molecule has 3 N–H and O–H groups in total. The largest absolute Gasteiger partial charge is 0.447 e. The highest BCUT2D eigenvalue weighted by atomic mass is 32.1. The number of ether oxygens (including phenoxy) is 1. The topological polar surface area (TPSA) is 79.5 Å². The number of fused-ring (bicyclic) bond motifs is 2. The van der Waals surface area contributed by atoms with E-state index in [-0.39, 0.29) is 17.6 Å². The van der Waals surface area contributed by atoms with Crippen LogP contribution in [0.2, 0.25) is 0 Å². The number of anilines is 1. The van der Waals surface area contributed by atoms with Crippen LogP contribution in [-0.2, 0) is 4.79 Å². The summed E-state index contributed by atoms with van der Waals surface area (Å²) >= 11 is 1.23. The third-order valence-corrected chi connectivity index (χ3v) is 5.92. The smallest absolute Gasteiger partial charge is 0.315 e. The Kier molecular flexibility index (Phi) is 5.27. The van der Waals surface area contributed by atoms with Gasteiger partial charge < -0.3 is 20.7 Å². The molecule has 0 aliphatic carbocycles. The van der Waals surface area contributed by atoms with E-state index in [0.29, 0.717) is 27.8 Å². The number of alkyl halides is 2. The number of halogens is 2. The molecule has 2 fully saturated rings. The van der Waals surface area contributed by atoms with Gasteiger partial charge >= 0.3 is 6.43 Å². The van der Waals surface area contributed by atoms with Gasteiger partial charge in [0.1, 0.15) is 5.75 Å². The third-order valence-electron chi connectivity index (χ3n) is 4.96. The van der Waals surface area contributed by atoms with E-state index in [1.165, 1.54) is 29.9 Å². The minimum absolute atomic E-state index is 0.107. The molecular weight excluding hydrogens is 388 g/mol. The Morgan fingerprint density at radius 2 is 1.93 bits per heavy atom. The fraction of sp³-hybridized carbons (Fsp3) is 0.368. The Labute approximate surface area is 164 Å². The zero-order valence-corrected chi connectivity index (χ0v) is 15.6. The Bertz CT molecular complexity index is 872. The molecule has 2 bridgehead atoms. The van der Waals surface area contributed by atoms with Gasteiger partial charge in [-0.3, -0.25) is 9.59 Å². The minimum Gasteiger partial charge on any atom is -0.447 e. The summed E-state index contributed by atoms with van der Waals surface area (Å²) in [7, 11) is 0. The molecule has 0 spiro atoms. The lowest BCUT2D eigenvalue weighted by Crippen LogP contribution is -2.42. The van der Waals surface area contributed by atoms with Crippen LogP contribution in [0.3, 0.4) is 0 Å². The van der Waals surface area contributed by atoms with E-state index in [4.69, 9.17) is 4.74 Å². The Morgan fingerprint density at radius 1 is 1.14 bits per heavy atom. The van der Waals surface area contributed by atoms with Gasteiger partial charge in [0.05, 0.1) is 4.88 Å². The number of hydrogen-bond acceptors (Lipinski definition) is 5. The highest BCUT2D eigenvalue weighted by Crippen LogP contribution is 2.32. The second kappa shape index (κ2) is 7.84. The summed E-state index contributed by atoms with van der Waals surface area (Å²) in [5, 5.41) is 9.22. The summed E-state index contributed by atoms with van der Waals surface area (Å²) in [6, 6.07) is 10.5. The molecule has 1 aromatic heterocycles. The number of rotatable bonds is 6. The van der Waals surface area contributed by atoms with E-state index in [2.05, 4.69) is 16.0 Å². The van der Waals surface area contributed by atoms with Crippen LogP contribution in [0.1, 0.15) is 28.9 Å². The van der Waals surface area contributed by atoms with Gasteiger partial charge in [-0.1, -0.05) is 11.3 Å². The van der Waals surface area contributed by atoms with Crippen LogP contribution in [-0.4, -0.2) is 36.4 Å². The molecule has 0 saturated carbocycles. The molecule has 4 rings (SSSR count). The van der Waals surface area contributed by atoms with Crippen molar-refractivity contribution in [2.75, 3.05) is 5.32 Å². The van der Waals surface area contributed by atoms with Gasteiger partial charge in [-0.15, -0.1) is 0 Å². The van der Waals surface area contributed by atoms with Gasteiger partial charge in [0.2, 0.25) is 0 Å². The molecule has 148 valence electrons. The van der Waals surface area contributed by atoms with Gasteiger partial charge in [-0.2, -0.15) is 8.78 Å². The average molecular weight is 407 g/mol. The van der Waals surface area contributed by atoms with Gasteiger partial charge in [-0.05, 0) is 55.7 Å². The van der Waals surface area contributed by atoms with Gasteiger partial charge in [0, 0.05) is 23.8 Å². The molecule has 1 aromatic carbocycles. The summed E-state index contributed by atoms with van der Waals surface area (Å²) in [6.07, 6.45) is 0.183. The van der Waals surface area contributed by atoms with E-state index in [0.717, 1.165) is 12.8 Å². The maximum Gasteiger partial charge on any atom is 0.315 e. The van der Waals surface area contributed by atoms with E-state index in [9.17, 15) is 18.4 Å². The molecule has 2 aliphatic heterocycles. The van der Waals surface area contributed by atoms with Crippen molar-refractivity contribution in [3.8, 4) is 10.8 Å². The first-order valence-electron chi connectivity index (χ1n) is 9.01. The van der Waals surface area contributed by atoms with Crippen molar-refractivity contribution in [3.63, 3.8) is 0 Å². The predicted octanol–water partition coefficient (Wildman–Crippen LogP) is 3.37. The lowest BCUT2D eigenvalue weighted by Gasteiger charge is -2.20.